The molecule has 1 aromatic rings. The molecule has 0 aliphatic heterocycles. The summed E-state index contributed by atoms with van der Waals surface area (Å²) in [5.41, 5.74) is 1.17. The molecule has 0 amide bonds. The smallest absolute Gasteiger partial charge is 0.137 e. The van der Waals surface area contributed by atoms with Crippen molar-refractivity contribution in [3.05, 3.63) is 28.8 Å². The fourth-order valence-corrected chi connectivity index (χ4v) is 1.92. The summed E-state index contributed by atoms with van der Waals surface area (Å²) in [4.78, 5) is 0. The van der Waals surface area contributed by atoms with Gasteiger partial charge in [0, 0.05) is 19.8 Å². The van der Waals surface area contributed by atoms with Crippen molar-refractivity contribution in [3.63, 3.8) is 0 Å². The number of ether oxygens (including phenoxy) is 2. The highest BCUT2D eigenvalue weighted by Crippen LogP contribution is 2.25. The van der Waals surface area contributed by atoms with Crippen molar-refractivity contribution in [2.45, 2.75) is 33.2 Å². The average molecular weight is 286 g/mol. The molecule has 0 saturated heterocycles. The number of rotatable bonds is 10. The third-order valence-corrected chi connectivity index (χ3v) is 2.93. The monoisotopic (exact) mass is 285 g/mol. The van der Waals surface area contributed by atoms with Gasteiger partial charge in [-0.1, -0.05) is 24.6 Å². The second-order valence-electron chi connectivity index (χ2n) is 4.34. The number of hydrogen-bond acceptors (Lipinski definition) is 3. The maximum Gasteiger partial charge on any atom is 0.137 e. The number of nitrogens with one attached hydrogen (secondary N) is 1. The molecule has 0 atom stereocenters. The van der Waals surface area contributed by atoms with E-state index in [2.05, 4.69) is 12.2 Å². The van der Waals surface area contributed by atoms with Crippen LogP contribution >= 0.6 is 11.6 Å². The molecule has 3 nitrogen and oxygen atoms in total. The van der Waals surface area contributed by atoms with E-state index in [4.69, 9.17) is 21.1 Å². The van der Waals surface area contributed by atoms with Gasteiger partial charge in [-0.2, -0.15) is 0 Å². The minimum absolute atomic E-state index is 0.682. The molecule has 0 saturated carbocycles. The van der Waals surface area contributed by atoms with Crippen LogP contribution in [0.15, 0.2) is 18.2 Å². The maximum absolute atomic E-state index is 6.17. The Bertz CT molecular complexity index is 358. The van der Waals surface area contributed by atoms with Gasteiger partial charge in [0.2, 0.25) is 0 Å². The zero-order chi connectivity index (χ0) is 13.9. The summed E-state index contributed by atoms with van der Waals surface area (Å²) in [6.45, 7) is 8.16. The highest BCUT2D eigenvalue weighted by molar-refractivity contribution is 6.32. The molecule has 0 aromatic heterocycles. The van der Waals surface area contributed by atoms with Crippen LogP contribution in [0.25, 0.3) is 0 Å². The summed E-state index contributed by atoms with van der Waals surface area (Å²) in [5.74, 6) is 0.767. The molecule has 19 heavy (non-hydrogen) atoms. The van der Waals surface area contributed by atoms with Gasteiger partial charge in [0.1, 0.15) is 5.75 Å². The maximum atomic E-state index is 6.17. The molecular formula is C15H24ClNO2. The third-order valence-electron chi connectivity index (χ3n) is 2.63. The van der Waals surface area contributed by atoms with E-state index in [0.717, 1.165) is 44.9 Å². The van der Waals surface area contributed by atoms with E-state index in [1.165, 1.54) is 5.56 Å². The lowest BCUT2D eigenvalue weighted by molar-refractivity contribution is 0.144. The van der Waals surface area contributed by atoms with Crippen LogP contribution in [0.5, 0.6) is 5.75 Å². The second kappa shape index (κ2) is 10.1. The first-order valence-electron chi connectivity index (χ1n) is 6.97. The summed E-state index contributed by atoms with van der Waals surface area (Å²) >= 11 is 6.17. The second-order valence-corrected chi connectivity index (χ2v) is 4.75. The molecule has 0 aliphatic carbocycles. The largest absolute Gasteiger partial charge is 0.492 e. The fraction of sp³-hybridized carbons (Fsp3) is 0.600. The van der Waals surface area contributed by atoms with Gasteiger partial charge in [0.05, 0.1) is 11.6 Å². The van der Waals surface area contributed by atoms with Gasteiger partial charge < -0.3 is 14.8 Å². The van der Waals surface area contributed by atoms with Crippen molar-refractivity contribution in [1.82, 2.24) is 5.32 Å². The van der Waals surface area contributed by atoms with Gasteiger partial charge in [-0.15, -0.1) is 0 Å². The molecule has 1 N–H and O–H groups in total. The van der Waals surface area contributed by atoms with Gasteiger partial charge in [-0.05, 0) is 44.0 Å². The van der Waals surface area contributed by atoms with Crippen molar-refractivity contribution in [2.24, 2.45) is 0 Å². The summed E-state index contributed by atoms with van der Waals surface area (Å²) < 4.78 is 10.8. The van der Waals surface area contributed by atoms with Crippen LogP contribution in [-0.2, 0) is 11.3 Å². The van der Waals surface area contributed by atoms with Crippen LogP contribution in [0, 0.1) is 0 Å². The minimum atomic E-state index is 0.682. The first kappa shape index (κ1) is 16.3. The summed E-state index contributed by atoms with van der Waals surface area (Å²) in [5, 5.41) is 4.05. The SMILES string of the molecule is CCCOc1ccc(CNCCCOCC)cc1Cl. The van der Waals surface area contributed by atoms with Crippen LogP contribution in [0.1, 0.15) is 32.3 Å². The Morgan fingerprint density at radius 3 is 2.74 bits per heavy atom. The Balaban J connectivity index is 2.29. The molecule has 0 heterocycles. The van der Waals surface area contributed by atoms with Gasteiger partial charge in [0.25, 0.3) is 0 Å². The first-order chi connectivity index (χ1) is 9.27. The third kappa shape index (κ3) is 6.81. The van der Waals surface area contributed by atoms with Gasteiger partial charge in [0.15, 0.2) is 0 Å². The normalized spacial score (nSPS) is 10.7. The Labute approximate surface area is 121 Å². The Morgan fingerprint density at radius 2 is 2.05 bits per heavy atom. The molecule has 0 radical (unpaired) electrons. The van der Waals surface area contributed by atoms with E-state index in [-0.39, 0.29) is 0 Å². The summed E-state index contributed by atoms with van der Waals surface area (Å²) in [7, 11) is 0. The zero-order valence-corrected chi connectivity index (χ0v) is 12.6. The lowest BCUT2D eigenvalue weighted by Gasteiger charge is -2.09. The quantitative estimate of drug-likeness (QED) is 0.666. The highest BCUT2D eigenvalue weighted by atomic mass is 35.5. The molecule has 1 rings (SSSR count). The zero-order valence-electron chi connectivity index (χ0n) is 11.9. The lowest BCUT2D eigenvalue weighted by atomic mass is 10.2. The van der Waals surface area contributed by atoms with Crippen LogP contribution in [0.2, 0.25) is 5.02 Å². The molecule has 4 heteroatoms. The summed E-state index contributed by atoms with van der Waals surface area (Å²) in [6, 6.07) is 5.95. The van der Waals surface area contributed by atoms with E-state index < -0.39 is 0 Å². The number of benzene rings is 1. The molecule has 0 bridgehead atoms. The van der Waals surface area contributed by atoms with Crippen LogP contribution in [-0.4, -0.2) is 26.4 Å². The van der Waals surface area contributed by atoms with Crippen molar-refractivity contribution in [3.8, 4) is 5.75 Å². The Hall–Kier alpha value is -0.770. The molecule has 1 aromatic carbocycles. The van der Waals surface area contributed by atoms with Crippen LogP contribution in [0.4, 0.5) is 0 Å². The van der Waals surface area contributed by atoms with Gasteiger partial charge in [-0.25, -0.2) is 0 Å². The average Bonchev–Trinajstić information content (AvgIpc) is 2.42. The number of hydrogen-bond donors (Lipinski definition) is 1. The fourth-order valence-electron chi connectivity index (χ4n) is 1.66. The van der Waals surface area contributed by atoms with Crippen molar-refractivity contribution >= 4 is 11.6 Å². The molecular weight excluding hydrogens is 262 g/mol. The topological polar surface area (TPSA) is 30.5 Å². The summed E-state index contributed by atoms with van der Waals surface area (Å²) in [6.07, 6.45) is 2.01. The van der Waals surface area contributed by atoms with E-state index in [0.29, 0.717) is 11.6 Å². The number of halogens is 1. The van der Waals surface area contributed by atoms with Crippen LogP contribution in [0.3, 0.4) is 0 Å². The van der Waals surface area contributed by atoms with Crippen molar-refractivity contribution in [1.29, 1.82) is 0 Å². The Morgan fingerprint density at radius 1 is 1.21 bits per heavy atom. The molecule has 0 spiro atoms. The molecule has 0 unspecified atom stereocenters. The predicted molar refractivity (Wildman–Crippen MR) is 80.1 cm³/mol. The molecule has 0 aliphatic rings. The minimum Gasteiger partial charge on any atom is -0.492 e. The lowest BCUT2D eigenvalue weighted by Crippen LogP contribution is -2.16. The van der Waals surface area contributed by atoms with Crippen molar-refractivity contribution < 1.29 is 9.47 Å². The molecule has 0 fully saturated rings. The van der Waals surface area contributed by atoms with E-state index in [1.54, 1.807) is 0 Å². The van der Waals surface area contributed by atoms with Gasteiger partial charge >= 0.3 is 0 Å². The standard InChI is InChI=1S/C15H24ClNO2/c1-3-9-19-15-7-6-13(11-14(15)16)12-17-8-5-10-18-4-2/h6-7,11,17H,3-5,8-10,12H2,1-2H3. The van der Waals surface area contributed by atoms with E-state index in [9.17, 15) is 0 Å². The Kier molecular flexibility index (Phi) is 8.63. The van der Waals surface area contributed by atoms with Crippen molar-refractivity contribution in [2.75, 3.05) is 26.4 Å². The first-order valence-corrected chi connectivity index (χ1v) is 7.35. The van der Waals surface area contributed by atoms with E-state index in [1.807, 2.05) is 25.1 Å². The molecule has 108 valence electrons. The predicted octanol–water partition coefficient (Wildman–Crippen LogP) is 3.65. The highest BCUT2D eigenvalue weighted by Gasteiger charge is 2.02. The van der Waals surface area contributed by atoms with Crippen LogP contribution < -0.4 is 10.1 Å². The van der Waals surface area contributed by atoms with E-state index >= 15 is 0 Å². The van der Waals surface area contributed by atoms with Gasteiger partial charge in [-0.3, -0.25) is 0 Å².